The molecule has 2 aromatic carbocycles. The lowest BCUT2D eigenvalue weighted by atomic mass is 9.75. The highest BCUT2D eigenvalue weighted by molar-refractivity contribution is 5.99. The van der Waals surface area contributed by atoms with E-state index >= 15 is 0 Å². The summed E-state index contributed by atoms with van der Waals surface area (Å²) in [5.41, 5.74) is -1.74. The Morgan fingerprint density at radius 2 is 1.85 bits per heavy atom. The zero-order valence-electron chi connectivity index (χ0n) is 18.8. The number of halogens is 3. The van der Waals surface area contributed by atoms with Gasteiger partial charge in [0.15, 0.2) is 0 Å². The van der Waals surface area contributed by atoms with Gasteiger partial charge in [0.05, 0.1) is 12.2 Å². The zero-order valence-corrected chi connectivity index (χ0v) is 18.8. The first-order chi connectivity index (χ1) is 16.1. The van der Waals surface area contributed by atoms with E-state index in [4.69, 9.17) is 9.84 Å². The normalized spacial score (nSPS) is 20.6. The largest absolute Gasteiger partial charge is 0.491 e. The van der Waals surface area contributed by atoms with Gasteiger partial charge in [0.25, 0.3) is 5.91 Å². The Bertz CT molecular complexity index is 1030. The topological polar surface area (TPSA) is 95.9 Å². The van der Waals surface area contributed by atoms with Gasteiger partial charge in [-0.1, -0.05) is 25.5 Å². The molecule has 184 valence electrons. The first kappa shape index (κ1) is 25.6. The molecule has 0 heterocycles. The van der Waals surface area contributed by atoms with Crippen molar-refractivity contribution in [1.29, 1.82) is 0 Å². The monoisotopic (exact) mass is 479 g/mol. The van der Waals surface area contributed by atoms with Crippen molar-refractivity contribution in [2.45, 2.75) is 50.7 Å². The number of ether oxygens (including phenoxy) is 1. The maximum atomic E-state index is 13.2. The molecule has 1 fully saturated rings. The molecule has 34 heavy (non-hydrogen) atoms. The van der Waals surface area contributed by atoms with Crippen LogP contribution in [0.5, 0.6) is 5.75 Å². The number of nitrogens with one attached hydrogen (secondary N) is 1. The fraction of sp³-hybridized carbons (Fsp3) is 0.440. The molecule has 6 nitrogen and oxygen atoms in total. The van der Waals surface area contributed by atoms with E-state index in [2.05, 4.69) is 5.32 Å². The average Bonchev–Trinajstić information content (AvgIpc) is 2.82. The maximum absolute atomic E-state index is 13.2. The molecule has 1 saturated carbocycles. The molecule has 0 unspecified atom stereocenters. The van der Waals surface area contributed by atoms with Crippen LogP contribution in [0.2, 0.25) is 0 Å². The first-order valence-electron chi connectivity index (χ1n) is 11.2. The Morgan fingerprint density at radius 3 is 2.44 bits per heavy atom. The van der Waals surface area contributed by atoms with E-state index in [0.29, 0.717) is 31.6 Å². The lowest BCUT2D eigenvalue weighted by molar-refractivity contribution is -0.146. The zero-order chi connectivity index (χ0) is 24.9. The van der Waals surface area contributed by atoms with Gasteiger partial charge >= 0.3 is 12.1 Å². The number of carbonyl (C=O) groups excluding carboxylic acids is 1. The van der Waals surface area contributed by atoms with Crippen LogP contribution in [0.3, 0.4) is 0 Å². The third kappa shape index (κ3) is 5.70. The van der Waals surface area contributed by atoms with Crippen molar-refractivity contribution in [3.05, 3.63) is 53.6 Å². The number of carbonyl (C=O) groups is 2. The van der Waals surface area contributed by atoms with E-state index in [0.717, 1.165) is 18.6 Å². The van der Waals surface area contributed by atoms with Crippen molar-refractivity contribution >= 4 is 11.9 Å². The summed E-state index contributed by atoms with van der Waals surface area (Å²) in [5, 5.41) is 21.6. The number of aliphatic hydroxyl groups excluding tert-OH is 1. The molecule has 9 heteroatoms. The number of carboxylic acid groups (broad SMARTS) is 1. The van der Waals surface area contributed by atoms with Crippen molar-refractivity contribution < 1.29 is 37.7 Å². The van der Waals surface area contributed by atoms with E-state index < -0.39 is 29.2 Å². The van der Waals surface area contributed by atoms with Crippen molar-refractivity contribution in [1.82, 2.24) is 5.32 Å². The van der Waals surface area contributed by atoms with Crippen LogP contribution in [0.4, 0.5) is 13.2 Å². The summed E-state index contributed by atoms with van der Waals surface area (Å²) in [5.74, 6) is -1.11. The highest BCUT2D eigenvalue weighted by Crippen LogP contribution is 2.37. The molecule has 1 aliphatic carbocycles. The van der Waals surface area contributed by atoms with Gasteiger partial charge in [0.1, 0.15) is 17.9 Å². The van der Waals surface area contributed by atoms with Crippen LogP contribution < -0.4 is 10.1 Å². The Morgan fingerprint density at radius 1 is 1.15 bits per heavy atom. The van der Waals surface area contributed by atoms with Crippen LogP contribution in [-0.2, 0) is 11.0 Å². The number of hydrogen-bond donors (Lipinski definition) is 3. The second kappa shape index (κ2) is 10.5. The second-order valence-corrected chi connectivity index (χ2v) is 8.55. The van der Waals surface area contributed by atoms with E-state index in [1.807, 2.05) is 6.92 Å². The lowest BCUT2D eigenvalue weighted by Gasteiger charge is -2.37. The molecule has 1 amide bonds. The van der Waals surface area contributed by atoms with Crippen molar-refractivity contribution in [3.8, 4) is 16.9 Å². The molecule has 0 bridgehead atoms. The quantitative estimate of drug-likeness (QED) is 0.501. The van der Waals surface area contributed by atoms with Gasteiger partial charge in [-0.25, -0.2) is 4.79 Å². The number of alkyl halides is 3. The fourth-order valence-corrected chi connectivity index (χ4v) is 4.30. The molecule has 0 saturated heterocycles. The maximum Gasteiger partial charge on any atom is 0.416 e. The molecule has 2 aromatic rings. The summed E-state index contributed by atoms with van der Waals surface area (Å²) in [6.45, 7) is 1.66. The van der Waals surface area contributed by atoms with Crippen molar-refractivity contribution in [2.24, 2.45) is 5.92 Å². The Hall–Kier alpha value is -3.07. The molecular weight excluding hydrogens is 451 g/mol. The minimum atomic E-state index is -4.55. The number of benzene rings is 2. The van der Waals surface area contributed by atoms with Crippen molar-refractivity contribution in [2.75, 3.05) is 13.2 Å². The molecule has 0 aliphatic heterocycles. The summed E-state index contributed by atoms with van der Waals surface area (Å²) in [7, 11) is 0. The number of hydrogen-bond acceptors (Lipinski definition) is 4. The van der Waals surface area contributed by atoms with Crippen molar-refractivity contribution in [3.63, 3.8) is 0 Å². The summed E-state index contributed by atoms with van der Waals surface area (Å²) >= 11 is 0. The van der Waals surface area contributed by atoms with Crippen LogP contribution >= 0.6 is 0 Å². The minimum Gasteiger partial charge on any atom is -0.491 e. The molecule has 0 atom stereocenters. The first-order valence-corrected chi connectivity index (χ1v) is 11.2. The fourth-order valence-electron chi connectivity index (χ4n) is 4.30. The number of aliphatic carboxylic acids is 1. The molecule has 0 spiro atoms. The van der Waals surface area contributed by atoms with Crippen LogP contribution in [0.25, 0.3) is 11.1 Å². The number of aliphatic hydroxyl groups is 1. The summed E-state index contributed by atoms with van der Waals surface area (Å²) in [6, 6.07) is 8.85. The minimum absolute atomic E-state index is 0.0851. The van der Waals surface area contributed by atoms with Gasteiger partial charge < -0.3 is 20.3 Å². The van der Waals surface area contributed by atoms with E-state index in [1.54, 1.807) is 0 Å². The molecule has 0 radical (unpaired) electrons. The number of carboxylic acids is 1. The Kier molecular flexibility index (Phi) is 7.86. The SMILES string of the molecule is CCC1CCC(NC(=O)c2ccc(OCCO)c(-c3cccc(C(F)(F)F)c3)c2)(C(=O)O)CC1. The van der Waals surface area contributed by atoms with E-state index in [1.165, 1.54) is 30.3 Å². The molecule has 3 rings (SSSR count). The van der Waals surface area contributed by atoms with Crippen LogP contribution in [0.1, 0.15) is 54.9 Å². The summed E-state index contributed by atoms with van der Waals surface area (Å²) in [6.07, 6.45) is -1.61. The smallest absolute Gasteiger partial charge is 0.416 e. The summed E-state index contributed by atoms with van der Waals surface area (Å²) < 4.78 is 45.2. The highest BCUT2D eigenvalue weighted by atomic mass is 19.4. The highest BCUT2D eigenvalue weighted by Gasteiger charge is 2.43. The third-order valence-electron chi connectivity index (χ3n) is 6.39. The van der Waals surface area contributed by atoms with Gasteiger partial charge in [-0.2, -0.15) is 13.2 Å². The Balaban J connectivity index is 1.95. The third-order valence-corrected chi connectivity index (χ3v) is 6.39. The van der Waals surface area contributed by atoms with E-state index in [9.17, 15) is 27.9 Å². The standard InChI is InChI=1S/C25H28F3NO5/c1-2-16-8-10-24(11-9-16,23(32)33)29-22(31)18-6-7-21(34-13-12-30)20(15-18)17-4-3-5-19(14-17)25(26,27)28/h3-7,14-16,30H,2,8-13H2,1H3,(H,29,31)(H,32,33). The van der Waals surface area contributed by atoms with Gasteiger partial charge in [-0.15, -0.1) is 0 Å². The van der Waals surface area contributed by atoms with Gasteiger partial charge in [-0.3, -0.25) is 4.79 Å². The average molecular weight is 479 g/mol. The lowest BCUT2D eigenvalue weighted by Crippen LogP contribution is -2.56. The summed E-state index contributed by atoms with van der Waals surface area (Å²) in [4.78, 5) is 25.1. The molecular formula is C25H28F3NO5. The Labute approximate surface area is 195 Å². The van der Waals surface area contributed by atoms with Gasteiger partial charge in [0.2, 0.25) is 0 Å². The molecule has 0 aromatic heterocycles. The van der Waals surface area contributed by atoms with E-state index in [-0.39, 0.29) is 35.7 Å². The number of amides is 1. The second-order valence-electron chi connectivity index (χ2n) is 8.55. The van der Waals surface area contributed by atoms with Gasteiger partial charge in [-0.05, 0) is 67.5 Å². The predicted molar refractivity (Wildman–Crippen MR) is 120 cm³/mol. The predicted octanol–water partition coefficient (Wildman–Crippen LogP) is 4.90. The van der Waals surface area contributed by atoms with Crippen LogP contribution in [0.15, 0.2) is 42.5 Å². The number of rotatable bonds is 8. The molecule has 3 N–H and O–H groups in total. The molecule has 1 aliphatic rings. The van der Waals surface area contributed by atoms with Crippen LogP contribution in [0, 0.1) is 5.92 Å². The van der Waals surface area contributed by atoms with Gasteiger partial charge in [0, 0.05) is 11.1 Å². The van der Waals surface area contributed by atoms with Crippen LogP contribution in [-0.4, -0.2) is 40.8 Å².